The van der Waals surface area contributed by atoms with Crippen LogP contribution in [0.2, 0.25) is 0 Å². The van der Waals surface area contributed by atoms with Crippen molar-refractivity contribution in [2.24, 2.45) is 5.92 Å². The van der Waals surface area contributed by atoms with Crippen LogP contribution in [0.1, 0.15) is 6.92 Å². The Labute approximate surface area is 86.0 Å². The fraction of sp³-hybridized carbons (Fsp3) is 0.714. The van der Waals surface area contributed by atoms with Gasteiger partial charge in [-0.2, -0.15) is 31.6 Å². The molecule has 1 unspecified atom stereocenters. The Morgan fingerprint density at radius 3 is 1.81 bits per heavy atom. The van der Waals surface area contributed by atoms with Crippen LogP contribution in [0.3, 0.4) is 0 Å². The Kier molecular flexibility index (Phi) is 4.17. The molecule has 1 N–H and O–H groups in total. The first-order valence-corrected chi connectivity index (χ1v) is 3.83. The molecule has 0 bridgehead atoms. The van der Waals surface area contributed by atoms with Gasteiger partial charge in [0, 0.05) is 0 Å². The van der Waals surface area contributed by atoms with Crippen molar-refractivity contribution >= 4 is 5.91 Å². The van der Waals surface area contributed by atoms with E-state index >= 15 is 0 Å². The van der Waals surface area contributed by atoms with Gasteiger partial charge in [0.05, 0.1) is 6.07 Å². The smallest absolute Gasteiger partial charge is 0.340 e. The highest BCUT2D eigenvalue weighted by atomic mass is 19.4. The normalized spacial score (nSPS) is 14.4. The molecule has 3 nitrogen and oxygen atoms in total. The molecule has 0 aliphatic rings. The highest BCUT2D eigenvalue weighted by molar-refractivity contribution is 5.80. The minimum absolute atomic E-state index is 0.960. The van der Waals surface area contributed by atoms with Crippen molar-refractivity contribution in [2.45, 2.75) is 25.3 Å². The molecule has 0 radical (unpaired) electrons. The van der Waals surface area contributed by atoms with E-state index < -0.39 is 30.2 Å². The summed E-state index contributed by atoms with van der Waals surface area (Å²) >= 11 is 0. The molecule has 0 spiro atoms. The molecule has 0 aromatic rings. The summed E-state index contributed by atoms with van der Waals surface area (Å²) < 4.78 is 71.7. The predicted octanol–water partition coefficient (Wildman–Crippen LogP) is 1.76. The van der Waals surface area contributed by atoms with Crippen LogP contribution in [0.5, 0.6) is 0 Å². The molecule has 0 aromatic heterocycles. The Balaban J connectivity index is 4.96. The molecule has 0 fully saturated rings. The standard InChI is InChI=1S/C7H6F6N2O/c1-3(2-14)15-5(16)4(6(8,9)10)7(11,12)13/h3-4H,1H3,(H,15,16). The maximum atomic E-state index is 12.0. The highest BCUT2D eigenvalue weighted by Gasteiger charge is 2.61. The molecule has 0 aliphatic heterocycles. The van der Waals surface area contributed by atoms with E-state index in [0.29, 0.717) is 0 Å². The van der Waals surface area contributed by atoms with E-state index in [4.69, 9.17) is 5.26 Å². The van der Waals surface area contributed by atoms with Crippen LogP contribution in [0.4, 0.5) is 26.3 Å². The SMILES string of the molecule is CC(C#N)NC(=O)C(C(F)(F)F)C(F)(F)F. The highest BCUT2D eigenvalue weighted by Crippen LogP contribution is 2.39. The quantitative estimate of drug-likeness (QED) is 0.757. The topological polar surface area (TPSA) is 52.9 Å². The molecular formula is C7H6F6N2O. The third kappa shape index (κ3) is 3.96. The van der Waals surface area contributed by atoms with E-state index in [9.17, 15) is 31.1 Å². The van der Waals surface area contributed by atoms with E-state index in [-0.39, 0.29) is 0 Å². The van der Waals surface area contributed by atoms with Gasteiger partial charge in [0.15, 0.2) is 0 Å². The van der Waals surface area contributed by atoms with Crippen LogP contribution in [0, 0.1) is 17.2 Å². The van der Waals surface area contributed by atoms with Crippen LogP contribution >= 0.6 is 0 Å². The Morgan fingerprint density at radius 1 is 1.19 bits per heavy atom. The predicted molar refractivity (Wildman–Crippen MR) is 38.8 cm³/mol. The van der Waals surface area contributed by atoms with Gasteiger partial charge in [-0.3, -0.25) is 4.79 Å². The number of hydrogen-bond donors (Lipinski definition) is 1. The lowest BCUT2D eigenvalue weighted by atomic mass is 10.1. The van der Waals surface area contributed by atoms with Gasteiger partial charge < -0.3 is 5.32 Å². The summed E-state index contributed by atoms with van der Waals surface area (Å²) in [7, 11) is 0. The van der Waals surface area contributed by atoms with Crippen molar-refractivity contribution in [3.05, 3.63) is 0 Å². The first kappa shape index (κ1) is 14.5. The lowest BCUT2D eigenvalue weighted by Crippen LogP contribution is -2.49. The number of halogens is 6. The lowest BCUT2D eigenvalue weighted by molar-refractivity contribution is -0.274. The second-order valence-corrected chi connectivity index (χ2v) is 2.88. The maximum Gasteiger partial charge on any atom is 0.409 e. The molecule has 0 aliphatic carbocycles. The summed E-state index contributed by atoms with van der Waals surface area (Å²) in [6.07, 6.45) is -11.5. The van der Waals surface area contributed by atoms with Crippen molar-refractivity contribution in [1.82, 2.24) is 5.32 Å². The Bertz CT molecular complexity index is 287. The molecule has 9 heteroatoms. The van der Waals surface area contributed by atoms with Crippen LogP contribution in [-0.2, 0) is 4.79 Å². The van der Waals surface area contributed by atoms with Gasteiger partial charge in [0.1, 0.15) is 6.04 Å². The molecule has 1 atom stereocenters. The number of carbonyl (C=O) groups is 1. The van der Waals surface area contributed by atoms with Crippen molar-refractivity contribution in [3.63, 3.8) is 0 Å². The number of amides is 1. The van der Waals surface area contributed by atoms with E-state index in [1.54, 1.807) is 0 Å². The number of nitriles is 1. The van der Waals surface area contributed by atoms with Crippen molar-refractivity contribution in [2.75, 3.05) is 0 Å². The monoisotopic (exact) mass is 248 g/mol. The number of nitrogens with one attached hydrogen (secondary N) is 1. The number of carbonyl (C=O) groups excluding carboxylic acids is 1. The molecule has 0 saturated heterocycles. The first-order chi connectivity index (χ1) is 7.00. The minimum Gasteiger partial charge on any atom is -0.340 e. The molecule has 0 aromatic carbocycles. The number of hydrogen-bond acceptors (Lipinski definition) is 2. The number of nitrogens with zero attached hydrogens (tertiary/aromatic N) is 1. The van der Waals surface area contributed by atoms with E-state index in [1.807, 2.05) is 0 Å². The summed E-state index contributed by atoms with van der Waals surface area (Å²) in [5, 5.41) is 9.45. The minimum atomic E-state index is -5.74. The molecule has 1 amide bonds. The molecule has 92 valence electrons. The van der Waals surface area contributed by atoms with E-state index in [1.165, 1.54) is 11.4 Å². The maximum absolute atomic E-state index is 12.0. The molecule has 0 saturated carbocycles. The fourth-order valence-corrected chi connectivity index (χ4v) is 0.812. The number of alkyl halides is 6. The van der Waals surface area contributed by atoms with Crippen molar-refractivity contribution in [3.8, 4) is 6.07 Å². The van der Waals surface area contributed by atoms with Crippen LogP contribution < -0.4 is 5.32 Å². The summed E-state index contributed by atoms with van der Waals surface area (Å²) in [6.45, 7) is 0.960. The van der Waals surface area contributed by atoms with Gasteiger partial charge in [-0.1, -0.05) is 0 Å². The summed E-state index contributed by atoms with van der Waals surface area (Å²) in [5.41, 5.74) is 0. The number of rotatable bonds is 2. The molecule has 16 heavy (non-hydrogen) atoms. The molecule has 0 heterocycles. The molecule has 0 rings (SSSR count). The van der Waals surface area contributed by atoms with Crippen LogP contribution in [-0.4, -0.2) is 24.3 Å². The largest absolute Gasteiger partial charge is 0.409 e. The van der Waals surface area contributed by atoms with Gasteiger partial charge >= 0.3 is 12.4 Å². The first-order valence-electron chi connectivity index (χ1n) is 3.83. The lowest BCUT2D eigenvalue weighted by Gasteiger charge is -2.22. The summed E-state index contributed by atoms with van der Waals surface area (Å²) in [5.74, 6) is -6.40. The summed E-state index contributed by atoms with van der Waals surface area (Å²) in [4.78, 5) is 10.7. The second-order valence-electron chi connectivity index (χ2n) is 2.88. The van der Waals surface area contributed by atoms with Gasteiger partial charge in [0.25, 0.3) is 0 Å². The Hall–Kier alpha value is -1.46. The molecular weight excluding hydrogens is 242 g/mol. The zero-order valence-electron chi connectivity index (χ0n) is 7.78. The average Bonchev–Trinajstić information content (AvgIpc) is 1.97. The van der Waals surface area contributed by atoms with Crippen molar-refractivity contribution < 1.29 is 31.1 Å². The van der Waals surface area contributed by atoms with Crippen LogP contribution in [0.25, 0.3) is 0 Å². The third-order valence-corrected chi connectivity index (χ3v) is 1.47. The van der Waals surface area contributed by atoms with Gasteiger partial charge in [0.2, 0.25) is 11.8 Å². The van der Waals surface area contributed by atoms with Gasteiger partial charge in [-0.15, -0.1) is 0 Å². The fourth-order valence-electron chi connectivity index (χ4n) is 0.812. The van der Waals surface area contributed by atoms with E-state index in [2.05, 4.69) is 0 Å². The third-order valence-electron chi connectivity index (χ3n) is 1.47. The Morgan fingerprint density at radius 2 is 1.56 bits per heavy atom. The van der Waals surface area contributed by atoms with E-state index in [0.717, 1.165) is 6.92 Å². The van der Waals surface area contributed by atoms with Crippen molar-refractivity contribution in [1.29, 1.82) is 5.26 Å². The van der Waals surface area contributed by atoms with Gasteiger partial charge in [-0.05, 0) is 6.92 Å². The van der Waals surface area contributed by atoms with Crippen LogP contribution in [0.15, 0.2) is 0 Å². The van der Waals surface area contributed by atoms with Gasteiger partial charge in [-0.25, -0.2) is 0 Å². The zero-order chi connectivity index (χ0) is 13.1. The summed E-state index contributed by atoms with van der Waals surface area (Å²) in [6, 6.07) is -0.144. The zero-order valence-corrected chi connectivity index (χ0v) is 7.78. The second kappa shape index (κ2) is 4.59. The average molecular weight is 248 g/mol.